The van der Waals surface area contributed by atoms with Gasteiger partial charge in [0.2, 0.25) is 0 Å². The maximum Gasteiger partial charge on any atom is 0.416 e. The van der Waals surface area contributed by atoms with E-state index in [1.54, 1.807) is 12.1 Å². The van der Waals surface area contributed by atoms with Crippen molar-refractivity contribution in [1.82, 2.24) is 0 Å². The van der Waals surface area contributed by atoms with Crippen LogP contribution in [0, 0.1) is 0 Å². The summed E-state index contributed by atoms with van der Waals surface area (Å²) in [7, 11) is 0. The molecular weight excluding hydrogens is 405 g/mol. The van der Waals surface area contributed by atoms with Crippen LogP contribution in [0.5, 0.6) is 0 Å². The van der Waals surface area contributed by atoms with Crippen molar-refractivity contribution in [2.75, 3.05) is 0 Å². The van der Waals surface area contributed by atoms with Crippen LogP contribution in [0.1, 0.15) is 5.56 Å². The summed E-state index contributed by atoms with van der Waals surface area (Å²) in [5.74, 6) is 0. The van der Waals surface area contributed by atoms with Crippen LogP contribution in [-0.2, 0) is 6.18 Å². The van der Waals surface area contributed by atoms with E-state index in [2.05, 4.69) is 54.6 Å². The molecule has 0 heterocycles. The largest absolute Gasteiger partial charge is 0.416 e. The van der Waals surface area contributed by atoms with E-state index < -0.39 is 11.7 Å². The molecule has 32 heavy (non-hydrogen) atoms. The topological polar surface area (TPSA) is 0 Å². The number of alkyl halides is 3. The molecule has 0 atom stereocenters. The average molecular weight is 422 g/mol. The summed E-state index contributed by atoms with van der Waals surface area (Å²) in [4.78, 5) is 0. The van der Waals surface area contributed by atoms with Gasteiger partial charge in [-0.3, -0.25) is 0 Å². The molecule has 154 valence electrons. The molecule has 3 heteroatoms. The van der Waals surface area contributed by atoms with Crippen molar-refractivity contribution < 1.29 is 13.2 Å². The maximum atomic E-state index is 13.0. The molecule has 0 aliphatic rings. The minimum atomic E-state index is -4.34. The number of rotatable bonds is 2. The molecule has 0 radical (unpaired) electrons. The van der Waals surface area contributed by atoms with Crippen molar-refractivity contribution >= 4 is 32.3 Å². The van der Waals surface area contributed by atoms with Crippen LogP contribution in [0.3, 0.4) is 0 Å². The Morgan fingerprint density at radius 1 is 0.438 bits per heavy atom. The van der Waals surface area contributed by atoms with E-state index in [1.807, 2.05) is 24.3 Å². The first-order chi connectivity index (χ1) is 15.5. The fourth-order valence-corrected chi connectivity index (χ4v) is 4.76. The van der Waals surface area contributed by atoms with Gasteiger partial charge in [0.1, 0.15) is 0 Å². The molecule has 6 rings (SSSR count). The molecule has 0 amide bonds. The van der Waals surface area contributed by atoms with Gasteiger partial charge in [-0.1, -0.05) is 91.0 Å². The number of hydrogen-bond acceptors (Lipinski definition) is 0. The molecule has 0 aromatic heterocycles. The maximum absolute atomic E-state index is 13.0. The van der Waals surface area contributed by atoms with E-state index in [9.17, 15) is 13.2 Å². The molecule has 0 nitrogen and oxygen atoms in total. The van der Waals surface area contributed by atoms with Gasteiger partial charge in [0.05, 0.1) is 5.56 Å². The predicted octanol–water partition coefficient (Wildman–Crippen LogP) is 8.94. The van der Waals surface area contributed by atoms with Gasteiger partial charge in [0.15, 0.2) is 0 Å². The lowest BCUT2D eigenvalue weighted by Crippen LogP contribution is -2.04. The molecule has 0 unspecified atom stereocenters. The smallest absolute Gasteiger partial charge is 0.166 e. The molecule has 0 aliphatic heterocycles. The summed E-state index contributed by atoms with van der Waals surface area (Å²) < 4.78 is 39.1. The molecule has 0 spiro atoms. The Morgan fingerprint density at radius 3 is 1.41 bits per heavy atom. The minimum absolute atomic E-state index is 0.633. The van der Waals surface area contributed by atoms with Crippen LogP contribution in [0.25, 0.3) is 54.6 Å². The van der Waals surface area contributed by atoms with Crippen LogP contribution in [0.15, 0.2) is 103 Å². The third kappa shape index (κ3) is 2.85. The number of hydrogen-bond donors (Lipinski definition) is 0. The van der Waals surface area contributed by atoms with Gasteiger partial charge in [-0.15, -0.1) is 0 Å². The lowest BCUT2D eigenvalue weighted by Gasteiger charge is -2.16. The molecule has 0 aliphatic carbocycles. The Kier molecular flexibility index (Phi) is 4.03. The fraction of sp³-hybridized carbons (Fsp3) is 0.0345. The minimum Gasteiger partial charge on any atom is -0.166 e. The van der Waals surface area contributed by atoms with E-state index in [0.29, 0.717) is 0 Å². The van der Waals surface area contributed by atoms with Crippen molar-refractivity contribution in [3.8, 4) is 22.3 Å². The highest BCUT2D eigenvalue weighted by atomic mass is 19.4. The quantitative estimate of drug-likeness (QED) is 0.244. The second-order valence-corrected chi connectivity index (χ2v) is 8.09. The molecular formula is C29H17F3. The zero-order valence-corrected chi connectivity index (χ0v) is 16.9. The second kappa shape index (κ2) is 6.83. The Morgan fingerprint density at radius 2 is 0.906 bits per heavy atom. The second-order valence-electron chi connectivity index (χ2n) is 8.09. The summed E-state index contributed by atoms with van der Waals surface area (Å²) >= 11 is 0. The normalized spacial score (nSPS) is 12.2. The standard InChI is InChI=1S/C29H17F3/c30-29(31,32)22-12-6-19(7-13-22)24-15-9-21-10-16-25-23(18-4-2-1-3-5-18)14-8-20-11-17-26(24)28(21)27(20)25/h1-17H. The van der Waals surface area contributed by atoms with Crippen LogP contribution >= 0.6 is 0 Å². The Bertz CT molecular complexity index is 1580. The molecule has 6 aromatic rings. The fourth-order valence-electron chi connectivity index (χ4n) is 4.76. The van der Waals surface area contributed by atoms with Crippen molar-refractivity contribution in [3.05, 3.63) is 109 Å². The van der Waals surface area contributed by atoms with E-state index >= 15 is 0 Å². The summed E-state index contributed by atoms with van der Waals surface area (Å²) in [6.07, 6.45) is -4.34. The van der Waals surface area contributed by atoms with Gasteiger partial charge in [0.25, 0.3) is 0 Å². The van der Waals surface area contributed by atoms with Gasteiger partial charge < -0.3 is 0 Å². The van der Waals surface area contributed by atoms with Crippen LogP contribution in [0.4, 0.5) is 13.2 Å². The highest BCUT2D eigenvalue weighted by Crippen LogP contribution is 2.42. The first-order valence-electron chi connectivity index (χ1n) is 10.4. The van der Waals surface area contributed by atoms with Crippen molar-refractivity contribution in [3.63, 3.8) is 0 Å². The van der Waals surface area contributed by atoms with E-state index in [0.717, 1.165) is 50.4 Å². The zero-order chi connectivity index (χ0) is 21.9. The Labute approximate surface area is 182 Å². The van der Waals surface area contributed by atoms with Gasteiger partial charge in [0, 0.05) is 0 Å². The number of halogens is 3. The Hall–Kier alpha value is -3.85. The molecule has 0 saturated heterocycles. The van der Waals surface area contributed by atoms with Gasteiger partial charge in [-0.25, -0.2) is 0 Å². The highest BCUT2D eigenvalue weighted by molar-refractivity contribution is 6.27. The lowest BCUT2D eigenvalue weighted by atomic mass is 9.87. The van der Waals surface area contributed by atoms with Crippen molar-refractivity contribution in [2.45, 2.75) is 6.18 Å². The van der Waals surface area contributed by atoms with Gasteiger partial charge in [-0.2, -0.15) is 13.2 Å². The first-order valence-corrected chi connectivity index (χ1v) is 10.4. The Balaban J connectivity index is 1.64. The molecule has 6 aromatic carbocycles. The highest BCUT2D eigenvalue weighted by Gasteiger charge is 2.30. The van der Waals surface area contributed by atoms with Crippen LogP contribution < -0.4 is 0 Å². The van der Waals surface area contributed by atoms with Crippen molar-refractivity contribution in [1.29, 1.82) is 0 Å². The van der Waals surface area contributed by atoms with E-state index in [4.69, 9.17) is 0 Å². The average Bonchev–Trinajstić information content (AvgIpc) is 2.82. The summed E-state index contributed by atoms with van der Waals surface area (Å²) in [5.41, 5.74) is 3.41. The van der Waals surface area contributed by atoms with Crippen LogP contribution in [-0.4, -0.2) is 0 Å². The monoisotopic (exact) mass is 422 g/mol. The molecule has 0 N–H and O–H groups in total. The van der Waals surface area contributed by atoms with Gasteiger partial charge >= 0.3 is 6.18 Å². The van der Waals surface area contributed by atoms with E-state index in [-0.39, 0.29) is 0 Å². The molecule has 0 saturated carbocycles. The first kappa shape index (κ1) is 18.9. The third-order valence-electron chi connectivity index (χ3n) is 6.27. The molecule has 0 fully saturated rings. The SMILES string of the molecule is FC(F)(F)c1ccc(-c2ccc3ccc4c(-c5ccccc5)ccc5ccc2c3c54)cc1. The summed E-state index contributed by atoms with van der Waals surface area (Å²) in [6.45, 7) is 0. The van der Waals surface area contributed by atoms with Crippen LogP contribution in [0.2, 0.25) is 0 Å². The summed E-state index contributed by atoms with van der Waals surface area (Å²) in [5, 5.41) is 6.84. The van der Waals surface area contributed by atoms with Crippen molar-refractivity contribution in [2.24, 2.45) is 0 Å². The predicted molar refractivity (Wildman–Crippen MR) is 126 cm³/mol. The zero-order valence-electron chi connectivity index (χ0n) is 16.9. The molecule has 0 bridgehead atoms. The lowest BCUT2D eigenvalue weighted by molar-refractivity contribution is -0.137. The third-order valence-corrected chi connectivity index (χ3v) is 6.27. The summed E-state index contributed by atoms with van der Waals surface area (Å²) in [6, 6.07) is 32.6. The number of benzene rings is 6. The van der Waals surface area contributed by atoms with Gasteiger partial charge in [-0.05, 0) is 66.7 Å². The van der Waals surface area contributed by atoms with E-state index in [1.165, 1.54) is 16.3 Å².